The van der Waals surface area contributed by atoms with Crippen molar-refractivity contribution < 1.29 is 9.53 Å². The lowest BCUT2D eigenvalue weighted by molar-refractivity contribution is -0.117. The van der Waals surface area contributed by atoms with Gasteiger partial charge in [0.25, 0.3) is 0 Å². The van der Waals surface area contributed by atoms with Crippen molar-refractivity contribution in [2.45, 2.75) is 6.54 Å². The number of rotatable bonds is 6. The average molecular weight is 385 g/mol. The van der Waals surface area contributed by atoms with Gasteiger partial charge < -0.3 is 10.1 Å². The maximum Gasteiger partial charge on any atom is 0.238 e. The van der Waals surface area contributed by atoms with Crippen LogP contribution in [0.1, 0.15) is 5.56 Å². The van der Waals surface area contributed by atoms with Crippen molar-refractivity contribution in [2.24, 2.45) is 0 Å². The van der Waals surface area contributed by atoms with Crippen LogP contribution in [0.4, 0.5) is 5.69 Å². The lowest BCUT2D eigenvalue weighted by Crippen LogP contribution is -2.29. The van der Waals surface area contributed by atoms with E-state index in [9.17, 15) is 4.79 Å². The van der Waals surface area contributed by atoms with Crippen LogP contribution in [0.25, 0.3) is 21.7 Å². The van der Waals surface area contributed by atoms with Gasteiger partial charge in [0.2, 0.25) is 5.91 Å². The van der Waals surface area contributed by atoms with Gasteiger partial charge in [-0.25, -0.2) is 0 Å². The first-order chi connectivity index (χ1) is 14.1. The molecular formula is C24H23N3O2. The first kappa shape index (κ1) is 18.9. The van der Waals surface area contributed by atoms with E-state index >= 15 is 0 Å². The molecule has 0 atom stereocenters. The Bertz CT molecular complexity index is 1170. The Balaban J connectivity index is 1.42. The third kappa shape index (κ3) is 4.36. The third-order valence-electron chi connectivity index (χ3n) is 4.90. The Morgan fingerprint density at radius 3 is 2.72 bits per heavy atom. The highest BCUT2D eigenvalue weighted by molar-refractivity contribution is 6.01. The minimum atomic E-state index is -0.0469. The molecule has 0 bridgehead atoms. The number of benzene rings is 3. The zero-order valence-corrected chi connectivity index (χ0v) is 16.6. The molecule has 1 N–H and O–H groups in total. The highest BCUT2D eigenvalue weighted by Crippen LogP contribution is 2.23. The Hall–Kier alpha value is -3.44. The van der Waals surface area contributed by atoms with Crippen LogP contribution in [0.2, 0.25) is 0 Å². The van der Waals surface area contributed by atoms with E-state index in [4.69, 9.17) is 4.74 Å². The van der Waals surface area contributed by atoms with Gasteiger partial charge in [-0.15, -0.1) is 0 Å². The van der Waals surface area contributed by atoms with Crippen molar-refractivity contribution >= 4 is 33.3 Å². The van der Waals surface area contributed by atoms with E-state index in [1.54, 1.807) is 13.3 Å². The first-order valence-electron chi connectivity index (χ1n) is 9.51. The molecule has 5 heteroatoms. The fourth-order valence-electron chi connectivity index (χ4n) is 3.51. The molecule has 5 nitrogen and oxygen atoms in total. The summed E-state index contributed by atoms with van der Waals surface area (Å²) in [6.07, 6.45) is 1.75. The van der Waals surface area contributed by atoms with E-state index in [-0.39, 0.29) is 5.91 Å². The molecule has 0 aliphatic rings. The number of hydrogen-bond acceptors (Lipinski definition) is 4. The van der Waals surface area contributed by atoms with Crippen molar-refractivity contribution in [3.8, 4) is 5.75 Å². The highest BCUT2D eigenvalue weighted by atomic mass is 16.5. The van der Waals surface area contributed by atoms with Crippen molar-refractivity contribution in [3.05, 3.63) is 78.5 Å². The summed E-state index contributed by atoms with van der Waals surface area (Å²) in [4.78, 5) is 18.9. The van der Waals surface area contributed by atoms with Gasteiger partial charge in [0, 0.05) is 18.1 Å². The van der Waals surface area contributed by atoms with Crippen LogP contribution in [0.15, 0.2) is 72.9 Å². The molecule has 0 aliphatic heterocycles. The Morgan fingerprint density at radius 1 is 1.03 bits per heavy atom. The van der Waals surface area contributed by atoms with Gasteiger partial charge in [-0.05, 0) is 65.8 Å². The summed E-state index contributed by atoms with van der Waals surface area (Å²) in [5, 5.41) is 6.24. The largest absolute Gasteiger partial charge is 0.497 e. The van der Waals surface area contributed by atoms with Crippen LogP contribution in [-0.4, -0.2) is 36.5 Å². The van der Waals surface area contributed by atoms with E-state index in [0.717, 1.165) is 38.7 Å². The topological polar surface area (TPSA) is 54.5 Å². The molecule has 0 saturated carbocycles. The summed E-state index contributed by atoms with van der Waals surface area (Å²) in [7, 11) is 3.62. The van der Waals surface area contributed by atoms with Gasteiger partial charge in [-0.2, -0.15) is 0 Å². The number of fused-ring (bicyclic) bond motifs is 2. The Morgan fingerprint density at radius 2 is 1.86 bits per heavy atom. The molecule has 1 heterocycles. The second-order valence-electron chi connectivity index (χ2n) is 7.14. The maximum atomic E-state index is 12.6. The monoisotopic (exact) mass is 385 g/mol. The Kier molecular flexibility index (Phi) is 5.40. The van der Waals surface area contributed by atoms with E-state index in [0.29, 0.717) is 13.1 Å². The van der Waals surface area contributed by atoms with Crippen LogP contribution in [0, 0.1) is 0 Å². The maximum absolute atomic E-state index is 12.6. The quantitative estimate of drug-likeness (QED) is 0.532. The third-order valence-corrected chi connectivity index (χ3v) is 4.90. The molecule has 4 rings (SSSR count). The molecule has 29 heavy (non-hydrogen) atoms. The number of ether oxygens (including phenoxy) is 1. The predicted octanol–water partition coefficient (Wildman–Crippen LogP) is 4.47. The number of carbonyl (C=O) groups excluding carboxylic acids is 1. The molecule has 0 aliphatic carbocycles. The number of hydrogen-bond donors (Lipinski definition) is 1. The molecule has 0 fully saturated rings. The molecular weight excluding hydrogens is 362 g/mol. The van der Waals surface area contributed by atoms with Gasteiger partial charge >= 0.3 is 0 Å². The molecule has 146 valence electrons. The van der Waals surface area contributed by atoms with Crippen molar-refractivity contribution in [1.82, 2.24) is 9.88 Å². The number of nitrogens with one attached hydrogen (secondary N) is 1. The summed E-state index contributed by atoms with van der Waals surface area (Å²) in [6.45, 7) is 0.990. The molecule has 0 spiro atoms. The normalized spacial score (nSPS) is 11.1. The highest BCUT2D eigenvalue weighted by Gasteiger charge is 2.10. The van der Waals surface area contributed by atoms with E-state index in [2.05, 4.69) is 34.6 Å². The van der Waals surface area contributed by atoms with Gasteiger partial charge in [-0.3, -0.25) is 14.7 Å². The smallest absolute Gasteiger partial charge is 0.238 e. The summed E-state index contributed by atoms with van der Waals surface area (Å²) in [6, 6.07) is 21.9. The SMILES string of the molecule is COc1ccc2cc(CN(C)CC(=O)Nc3cccc4ncccc34)ccc2c1. The molecule has 1 amide bonds. The molecule has 1 aromatic heterocycles. The number of methoxy groups -OCH3 is 1. The number of aromatic nitrogens is 1. The lowest BCUT2D eigenvalue weighted by Gasteiger charge is -2.17. The van der Waals surface area contributed by atoms with Gasteiger partial charge in [0.15, 0.2) is 0 Å². The van der Waals surface area contributed by atoms with Crippen molar-refractivity contribution in [3.63, 3.8) is 0 Å². The zero-order chi connectivity index (χ0) is 20.2. The fraction of sp³-hybridized carbons (Fsp3) is 0.167. The summed E-state index contributed by atoms with van der Waals surface area (Å²) < 4.78 is 5.28. The first-order valence-corrected chi connectivity index (χ1v) is 9.51. The summed E-state index contributed by atoms with van der Waals surface area (Å²) >= 11 is 0. The number of nitrogens with zero attached hydrogens (tertiary/aromatic N) is 2. The fourth-order valence-corrected chi connectivity index (χ4v) is 3.51. The Labute approximate surface area is 169 Å². The minimum absolute atomic E-state index is 0.0469. The van der Waals surface area contributed by atoms with Crippen LogP contribution in [0.5, 0.6) is 5.75 Å². The van der Waals surface area contributed by atoms with E-state index < -0.39 is 0 Å². The van der Waals surface area contributed by atoms with Gasteiger partial charge in [-0.1, -0.05) is 24.3 Å². The second kappa shape index (κ2) is 8.29. The van der Waals surface area contributed by atoms with Crippen LogP contribution >= 0.6 is 0 Å². The van der Waals surface area contributed by atoms with Crippen LogP contribution in [-0.2, 0) is 11.3 Å². The standard InChI is InChI=1S/C24H23N3O2/c1-27(15-17-8-9-19-14-20(29-2)11-10-18(19)13-17)16-24(28)26-23-7-3-6-22-21(23)5-4-12-25-22/h3-14H,15-16H2,1-2H3,(H,26,28). The van der Waals surface area contributed by atoms with Gasteiger partial charge in [0.1, 0.15) is 5.75 Å². The predicted molar refractivity (Wildman–Crippen MR) is 117 cm³/mol. The minimum Gasteiger partial charge on any atom is -0.497 e. The molecule has 0 unspecified atom stereocenters. The number of amides is 1. The van der Waals surface area contributed by atoms with Crippen LogP contribution < -0.4 is 10.1 Å². The average Bonchev–Trinajstić information content (AvgIpc) is 2.73. The van der Waals surface area contributed by atoms with E-state index in [1.165, 1.54) is 0 Å². The molecule has 3 aromatic carbocycles. The lowest BCUT2D eigenvalue weighted by atomic mass is 10.1. The van der Waals surface area contributed by atoms with Crippen LogP contribution in [0.3, 0.4) is 0 Å². The second-order valence-corrected chi connectivity index (χ2v) is 7.14. The van der Waals surface area contributed by atoms with Crippen molar-refractivity contribution in [1.29, 1.82) is 0 Å². The van der Waals surface area contributed by atoms with Crippen molar-refractivity contribution in [2.75, 3.05) is 26.0 Å². The zero-order valence-electron chi connectivity index (χ0n) is 16.6. The number of carbonyl (C=O) groups is 1. The molecule has 0 saturated heterocycles. The number of pyridine rings is 1. The molecule has 0 radical (unpaired) electrons. The van der Waals surface area contributed by atoms with Gasteiger partial charge in [0.05, 0.1) is 24.9 Å². The molecule has 4 aromatic rings. The van der Waals surface area contributed by atoms with E-state index in [1.807, 2.05) is 54.4 Å². The number of likely N-dealkylation sites (N-methyl/N-ethyl adjacent to an activating group) is 1. The summed E-state index contributed by atoms with van der Waals surface area (Å²) in [5.74, 6) is 0.803. The number of anilines is 1. The summed E-state index contributed by atoms with van der Waals surface area (Å²) in [5.41, 5.74) is 2.81.